The van der Waals surface area contributed by atoms with Crippen molar-refractivity contribution in [2.75, 3.05) is 13.1 Å². The number of nitroso groups, excluding NO2 is 2. The zero-order valence-electron chi connectivity index (χ0n) is 13.5. The zero-order valence-corrected chi connectivity index (χ0v) is 13.5. The molecule has 0 spiro atoms. The number of hydrogen-bond donors (Lipinski definition) is 3. The highest BCUT2D eigenvalue weighted by Crippen LogP contribution is 2.37. The topological polar surface area (TPSA) is 123 Å². The van der Waals surface area contributed by atoms with Gasteiger partial charge in [0, 0.05) is 24.2 Å². The summed E-state index contributed by atoms with van der Waals surface area (Å²) in [7, 11) is 0. The van der Waals surface area contributed by atoms with Gasteiger partial charge in [0.2, 0.25) is 0 Å². The van der Waals surface area contributed by atoms with Crippen molar-refractivity contribution in [1.29, 1.82) is 0 Å². The fourth-order valence-electron chi connectivity index (χ4n) is 3.42. The van der Waals surface area contributed by atoms with Gasteiger partial charge in [0.15, 0.2) is 0 Å². The molecular weight excluding hydrogens is 294 g/mol. The number of nitrogens with zero attached hydrogens (tertiary/aromatic N) is 2. The fourth-order valence-corrected chi connectivity index (χ4v) is 3.42. The van der Waals surface area contributed by atoms with Gasteiger partial charge in [-0.15, -0.1) is 4.91 Å². The molecule has 5 N–H and O–H groups in total. The van der Waals surface area contributed by atoms with Crippen molar-refractivity contribution >= 4 is 5.69 Å². The fraction of sp³-hybridized carbons (Fsp3) is 0.625. The Bertz CT molecular complexity index is 550. The van der Waals surface area contributed by atoms with Crippen LogP contribution in [-0.4, -0.2) is 24.2 Å². The maximum Gasteiger partial charge on any atom is 0.129 e. The molecule has 0 radical (unpaired) electrons. The molecule has 1 aromatic carbocycles. The number of hydrogen-bond acceptors (Lipinski definition) is 7. The Labute approximate surface area is 136 Å². The Morgan fingerprint density at radius 1 is 1.17 bits per heavy atom. The molecule has 126 valence electrons. The van der Waals surface area contributed by atoms with Crippen LogP contribution in [0.3, 0.4) is 0 Å². The lowest BCUT2D eigenvalue weighted by Crippen LogP contribution is -2.66. The van der Waals surface area contributed by atoms with E-state index in [4.69, 9.17) is 11.5 Å². The van der Waals surface area contributed by atoms with E-state index < -0.39 is 11.6 Å². The van der Waals surface area contributed by atoms with Crippen molar-refractivity contribution < 1.29 is 0 Å². The van der Waals surface area contributed by atoms with E-state index in [1.807, 2.05) is 0 Å². The quantitative estimate of drug-likeness (QED) is 0.635. The largest absolute Gasteiger partial charge is 0.324 e. The second kappa shape index (κ2) is 7.25. The number of rotatable bonds is 8. The summed E-state index contributed by atoms with van der Waals surface area (Å²) < 4.78 is 0. The maximum absolute atomic E-state index is 11.1. The van der Waals surface area contributed by atoms with Gasteiger partial charge in [-0.25, -0.2) is 0 Å². The summed E-state index contributed by atoms with van der Waals surface area (Å²) in [6.07, 6.45) is 3.67. The molecule has 1 unspecified atom stereocenters. The first-order chi connectivity index (χ1) is 11.0. The summed E-state index contributed by atoms with van der Waals surface area (Å²) >= 11 is 0. The van der Waals surface area contributed by atoms with Crippen molar-refractivity contribution in [1.82, 2.24) is 5.32 Å². The SMILES string of the molecule is CC[C@]1(N)CCC[C@]1(N)CNCC(N=O)c1ccc(N=O)cc1. The Morgan fingerprint density at radius 3 is 2.39 bits per heavy atom. The van der Waals surface area contributed by atoms with E-state index in [1.54, 1.807) is 24.3 Å². The first-order valence-corrected chi connectivity index (χ1v) is 8.02. The first kappa shape index (κ1) is 17.7. The second-order valence-corrected chi connectivity index (χ2v) is 6.45. The molecule has 1 aliphatic carbocycles. The van der Waals surface area contributed by atoms with Crippen LogP contribution >= 0.6 is 0 Å². The Kier molecular flexibility index (Phi) is 5.56. The molecular formula is C16H25N5O2. The number of nitrogens with one attached hydrogen (secondary N) is 1. The van der Waals surface area contributed by atoms with Crippen molar-refractivity contribution in [3.63, 3.8) is 0 Å². The lowest BCUT2D eigenvalue weighted by molar-refractivity contribution is 0.242. The summed E-state index contributed by atoms with van der Waals surface area (Å²) in [5, 5.41) is 9.26. The Morgan fingerprint density at radius 2 is 1.83 bits per heavy atom. The van der Waals surface area contributed by atoms with Crippen molar-refractivity contribution in [2.45, 2.75) is 49.7 Å². The molecule has 2 rings (SSSR count). The van der Waals surface area contributed by atoms with Gasteiger partial charge in [0.25, 0.3) is 0 Å². The molecule has 1 aromatic rings. The predicted molar refractivity (Wildman–Crippen MR) is 91.3 cm³/mol. The molecule has 0 amide bonds. The summed E-state index contributed by atoms with van der Waals surface area (Å²) in [5.74, 6) is 0. The van der Waals surface area contributed by atoms with Crippen molar-refractivity contribution in [3.8, 4) is 0 Å². The van der Waals surface area contributed by atoms with Crippen LogP contribution in [0.4, 0.5) is 5.69 Å². The smallest absolute Gasteiger partial charge is 0.129 e. The van der Waals surface area contributed by atoms with Gasteiger partial charge >= 0.3 is 0 Å². The summed E-state index contributed by atoms with van der Waals surface area (Å²) in [6, 6.07) is 6.00. The monoisotopic (exact) mass is 319 g/mol. The highest BCUT2D eigenvalue weighted by molar-refractivity contribution is 5.39. The van der Waals surface area contributed by atoms with Crippen molar-refractivity contribution in [3.05, 3.63) is 39.6 Å². The van der Waals surface area contributed by atoms with Crippen LogP contribution in [0.2, 0.25) is 0 Å². The van der Waals surface area contributed by atoms with E-state index in [1.165, 1.54) is 0 Å². The summed E-state index contributed by atoms with van der Waals surface area (Å²) in [6.45, 7) is 3.00. The van der Waals surface area contributed by atoms with Gasteiger partial charge in [0.05, 0.1) is 0 Å². The normalized spacial score (nSPS) is 28.5. The van der Waals surface area contributed by atoms with Crippen LogP contribution in [0.5, 0.6) is 0 Å². The minimum Gasteiger partial charge on any atom is -0.324 e. The Hall–Kier alpha value is -1.70. The van der Waals surface area contributed by atoms with Gasteiger partial charge in [-0.3, -0.25) is 0 Å². The minimum absolute atomic E-state index is 0.328. The standard InChI is InChI=1S/C16H25N5O2/c1-2-15(17)8-3-9-16(15,18)11-19-10-14(21-23)12-4-6-13(20-22)7-5-12/h4-7,14,19H,2-3,8-11,17-18H2,1H3/t14?,15-,16-/m0/s1. The van der Waals surface area contributed by atoms with Gasteiger partial charge < -0.3 is 16.8 Å². The molecule has 7 heteroatoms. The van der Waals surface area contributed by atoms with Crippen LogP contribution < -0.4 is 16.8 Å². The van der Waals surface area contributed by atoms with E-state index in [0.29, 0.717) is 18.8 Å². The molecule has 0 heterocycles. The first-order valence-electron chi connectivity index (χ1n) is 8.02. The molecule has 1 aliphatic rings. The van der Waals surface area contributed by atoms with Gasteiger partial charge in [-0.05, 0) is 48.6 Å². The van der Waals surface area contributed by atoms with E-state index in [-0.39, 0.29) is 5.54 Å². The highest BCUT2D eigenvalue weighted by Gasteiger charge is 2.48. The third-order valence-electron chi connectivity index (χ3n) is 5.16. The molecule has 1 saturated carbocycles. The number of benzene rings is 1. The van der Waals surface area contributed by atoms with E-state index in [2.05, 4.69) is 22.6 Å². The van der Waals surface area contributed by atoms with E-state index in [0.717, 1.165) is 31.2 Å². The number of nitrogens with two attached hydrogens (primary N) is 2. The van der Waals surface area contributed by atoms with Crippen molar-refractivity contribution in [2.24, 2.45) is 21.8 Å². The van der Waals surface area contributed by atoms with Crippen LogP contribution in [-0.2, 0) is 0 Å². The average molecular weight is 319 g/mol. The predicted octanol–water partition coefficient (Wildman–Crippen LogP) is 2.47. The molecule has 3 atom stereocenters. The maximum atomic E-state index is 11.1. The van der Waals surface area contributed by atoms with Crippen LogP contribution in [0, 0.1) is 9.81 Å². The molecule has 0 aromatic heterocycles. The lowest BCUT2D eigenvalue weighted by atomic mass is 9.79. The molecule has 1 fully saturated rings. The third kappa shape index (κ3) is 3.63. The van der Waals surface area contributed by atoms with Crippen LogP contribution in [0.15, 0.2) is 34.6 Å². The average Bonchev–Trinajstić information content (AvgIpc) is 2.88. The van der Waals surface area contributed by atoms with Gasteiger partial charge in [-0.1, -0.05) is 24.2 Å². The van der Waals surface area contributed by atoms with E-state index >= 15 is 0 Å². The zero-order chi connectivity index (χ0) is 16.9. The van der Waals surface area contributed by atoms with Crippen LogP contribution in [0.25, 0.3) is 0 Å². The molecule has 0 bridgehead atoms. The summed E-state index contributed by atoms with van der Waals surface area (Å²) in [5.41, 5.74) is 13.2. The summed E-state index contributed by atoms with van der Waals surface area (Å²) in [4.78, 5) is 21.5. The Balaban J connectivity index is 1.95. The lowest BCUT2D eigenvalue weighted by Gasteiger charge is -2.40. The molecule has 0 aliphatic heterocycles. The van der Waals surface area contributed by atoms with Gasteiger partial charge in [-0.2, -0.15) is 4.91 Å². The molecule has 23 heavy (non-hydrogen) atoms. The highest BCUT2D eigenvalue weighted by atomic mass is 16.3. The van der Waals surface area contributed by atoms with E-state index in [9.17, 15) is 9.81 Å². The second-order valence-electron chi connectivity index (χ2n) is 6.45. The minimum atomic E-state index is -0.533. The van der Waals surface area contributed by atoms with Crippen LogP contribution in [0.1, 0.15) is 44.2 Å². The molecule has 7 nitrogen and oxygen atoms in total. The third-order valence-corrected chi connectivity index (χ3v) is 5.16. The van der Waals surface area contributed by atoms with Gasteiger partial charge in [0.1, 0.15) is 11.7 Å². The molecule has 0 saturated heterocycles.